The van der Waals surface area contributed by atoms with Gasteiger partial charge in [0.15, 0.2) is 0 Å². The number of likely N-dealkylation sites (tertiary alicyclic amines) is 1. The van der Waals surface area contributed by atoms with E-state index in [1.165, 1.54) is 17.7 Å². The van der Waals surface area contributed by atoms with Crippen LogP contribution in [0.2, 0.25) is 0 Å². The molecule has 6 heteroatoms. The predicted octanol–water partition coefficient (Wildman–Crippen LogP) is 3.05. The second-order valence-electron chi connectivity index (χ2n) is 7.79. The molecular weight excluding hydrogens is 360 g/mol. The van der Waals surface area contributed by atoms with Crippen LogP contribution in [0.25, 0.3) is 0 Å². The largest absolute Gasteiger partial charge is 0.383 e. The molecule has 27 heavy (non-hydrogen) atoms. The standard InChI is InChI=1S/C21H34N2O3S/c1-25-14-12-22-10-8-18(9-11-22)16-23(17-19-4-2-13-26-19)21(24)7-6-20-5-3-15-27-20/h3,5,15,18-19H,2,4,6-14,16-17H2,1H3. The SMILES string of the molecule is COCCN1CCC(CN(CC2CCCO2)C(=O)CCc2cccs2)CC1. The first-order valence-electron chi connectivity index (χ1n) is 10.4. The summed E-state index contributed by atoms with van der Waals surface area (Å²) in [6.45, 7) is 6.56. The second-order valence-corrected chi connectivity index (χ2v) is 8.82. The van der Waals surface area contributed by atoms with Gasteiger partial charge >= 0.3 is 0 Å². The van der Waals surface area contributed by atoms with E-state index in [4.69, 9.17) is 9.47 Å². The monoisotopic (exact) mass is 394 g/mol. The number of hydrogen-bond donors (Lipinski definition) is 0. The quantitative estimate of drug-likeness (QED) is 0.612. The van der Waals surface area contributed by atoms with Crippen LogP contribution < -0.4 is 0 Å². The van der Waals surface area contributed by atoms with E-state index in [-0.39, 0.29) is 6.10 Å². The van der Waals surface area contributed by atoms with Gasteiger partial charge in [0.2, 0.25) is 5.91 Å². The number of thiophene rings is 1. The summed E-state index contributed by atoms with van der Waals surface area (Å²) < 4.78 is 11.0. The van der Waals surface area contributed by atoms with Crippen molar-refractivity contribution < 1.29 is 14.3 Å². The Labute approximate surface area is 167 Å². The third-order valence-electron chi connectivity index (χ3n) is 5.76. The molecule has 0 radical (unpaired) electrons. The summed E-state index contributed by atoms with van der Waals surface area (Å²) in [5.41, 5.74) is 0. The molecule has 0 N–H and O–H groups in total. The number of hydrogen-bond acceptors (Lipinski definition) is 5. The first-order valence-corrected chi connectivity index (χ1v) is 11.3. The highest BCUT2D eigenvalue weighted by molar-refractivity contribution is 7.09. The van der Waals surface area contributed by atoms with Crippen molar-refractivity contribution in [1.29, 1.82) is 0 Å². The maximum Gasteiger partial charge on any atom is 0.223 e. The summed E-state index contributed by atoms with van der Waals surface area (Å²) in [6, 6.07) is 4.18. The van der Waals surface area contributed by atoms with Crippen molar-refractivity contribution in [3.8, 4) is 0 Å². The zero-order chi connectivity index (χ0) is 18.9. The molecule has 0 aliphatic carbocycles. The highest BCUT2D eigenvalue weighted by atomic mass is 32.1. The Morgan fingerprint density at radius 1 is 1.33 bits per heavy atom. The van der Waals surface area contributed by atoms with Gasteiger partial charge in [-0.05, 0) is 62.6 Å². The molecule has 2 aliphatic rings. The minimum atomic E-state index is 0.234. The van der Waals surface area contributed by atoms with Crippen LogP contribution in [0.1, 0.15) is 37.0 Å². The number of amides is 1. The Hall–Kier alpha value is -0.950. The molecule has 5 nitrogen and oxygen atoms in total. The molecule has 1 unspecified atom stereocenters. The van der Waals surface area contributed by atoms with Crippen molar-refractivity contribution in [1.82, 2.24) is 9.80 Å². The van der Waals surface area contributed by atoms with Crippen LogP contribution in [-0.2, 0) is 20.7 Å². The smallest absolute Gasteiger partial charge is 0.223 e. The lowest BCUT2D eigenvalue weighted by Gasteiger charge is -2.35. The maximum atomic E-state index is 13.0. The minimum Gasteiger partial charge on any atom is -0.383 e. The predicted molar refractivity (Wildman–Crippen MR) is 109 cm³/mol. The summed E-state index contributed by atoms with van der Waals surface area (Å²) in [6.07, 6.45) is 6.25. The molecule has 0 aromatic carbocycles. The van der Waals surface area contributed by atoms with Gasteiger partial charge in [0, 0.05) is 44.6 Å². The molecule has 1 atom stereocenters. The Kier molecular flexibility index (Phi) is 8.58. The summed E-state index contributed by atoms with van der Waals surface area (Å²) in [7, 11) is 1.76. The maximum absolute atomic E-state index is 13.0. The number of nitrogens with zero attached hydrogens (tertiary/aromatic N) is 2. The zero-order valence-corrected chi connectivity index (χ0v) is 17.4. The van der Waals surface area contributed by atoms with Gasteiger partial charge in [-0.1, -0.05) is 6.07 Å². The van der Waals surface area contributed by atoms with Gasteiger partial charge in [0.25, 0.3) is 0 Å². The van der Waals surface area contributed by atoms with E-state index in [9.17, 15) is 4.79 Å². The van der Waals surface area contributed by atoms with Crippen LogP contribution in [0.3, 0.4) is 0 Å². The van der Waals surface area contributed by atoms with Crippen molar-refractivity contribution in [2.24, 2.45) is 5.92 Å². The molecule has 3 rings (SSSR count). The number of aryl methyl sites for hydroxylation is 1. The number of methoxy groups -OCH3 is 1. The van der Waals surface area contributed by atoms with E-state index in [1.807, 2.05) is 0 Å². The molecule has 1 aromatic heterocycles. The zero-order valence-electron chi connectivity index (χ0n) is 16.6. The number of ether oxygens (including phenoxy) is 2. The summed E-state index contributed by atoms with van der Waals surface area (Å²) >= 11 is 1.74. The van der Waals surface area contributed by atoms with Crippen LogP contribution in [0.5, 0.6) is 0 Å². The lowest BCUT2D eigenvalue weighted by Crippen LogP contribution is -2.44. The van der Waals surface area contributed by atoms with Crippen molar-refractivity contribution in [2.45, 2.75) is 44.6 Å². The van der Waals surface area contributed by atoms with Gasteiger partial charge in [0.1, 0.15) is 0 Å². The molecule has 1 aromatic rings. The van der Waals surface area contributed by atoms with Gasteiger partial charge in [-0.3, -0.25) is 4.79 Å². The molecule has 0 spiro atoms. The van der Waals surface area contributed by atoms with Gasteiger partial charge in [-0.25, -0.2) is 0 Å². The highest BCUT2D eigenvalue weighted by Gasteiger charge is 2.27. The molecule has 2 aliphatic heterocycles. The van der Waals surface area contributed by atoms with E-state index in [2.05, 4.69) is 27.3 Å². The van der Waals surface area contributed by atoms with E-state index < -0.39 is 0 Å². The Morgan fingerprint density at radius 3 is 2.85 bits per heavy atom. The normalized spacial score (nSPS) is 21.6. The average molecular weight is 395 g/mol. The fourth-order valence-corrected chi connectivity index (χ4v) is 4.79. The molecule has 3 heterocycles. The fourth-order valence-electron chi connectivity index (χ4n) is 4.08. The Morgan fingerprint density at radius 2 is 2.19 bits per heavy atom. The fraction of sp³-hybridized carbons (Fsp3) is 0.762. The first kappa shape index (κ1) is 20.8. The van der Waals surface area contributed by atoms with Crippen LogP contribution in [0, 0.1) is 5.92 Å². The van der Waals surface area contributed by atoms with Gasteiger partial charge in [-0.15, -0.1) is 11.3 Å². The number of rotatable bonds is 10. The van der Waals surface area contributed by atoms with Crippen LogP contribution in [0.4, 0.5) is 0 Å². The molecule has 0 saturated carbocycles. The lowest BCUT2D eigenvalue weighted by atomic mass is 9.95. The number of carbonyl (C=O) groups excluding carboxylic acids is 1. The number of piperidine rings is 1. The van der Waals surface area contributed by atoms with Gasteiger partial charge < -0.3 is 19.3 Å². The van der Waals surface area contributed by atoms with Gasteiger partial charge in [-0.2, -0.15) is 0 Å². The average Bonchev–Trinajstić information content (AvgIpc) is 3.39. The molecule has 152 valence electrons. The second kappa shape index (κ2) is 11.1. The molecule has 2 fully saturated rings. The van der Waals surface area contributed by atoms with Crippen LogP contribution in [-0.4, -0.2) is 74.9 Å². The van der Waals surface area contributed by atoms with E-state index >= 15 is 0 Å². The molecule has 2 saturated heterocycles. The highest BCUT2D eigenvalue weighted by Crippen LogP contribution is 2.21. The molecule has 0 bridgehead atoms. The van der Waals surface area contributed by atoms with Crippen molar-refractivity contribution in [2.75, 3.05) is 53.0 Å². The van der Waals surface area contributed by atoms with E-state index in [0.717, 1.165) is 65.2 Å². The lowest BCUT2D eigenvalue weighted by molar-refractivity contribution is -0.133. The van der Waals surface area contributed by atoms with Crippen LogP contribution >= 0.6 is 11.3 Å². The first-order chi connectivity index (χ1) is 13.2. The van der Waals surface area contributed by atoms with Crippen molar-refractivity contribution in [3.05, 3.63) is 22.4 Å². The third kappa shape index (κ3) is 6.86. The summed E-state index contributed by atoms with van der Waals surface area (Å²) in [5.74, 6) is 0.900. The molecule has 1 amide bonds. The van der Waals surface area contributed by atoms with E-state index in [1.54, 1.807) is 18.4 Å². The Balaban J connectivity index is 1.49. The van der Waals surface area contributed by atoms with Crippen molar-refractivity contribution >= 4 is 17.2 Å². The summed E-state index contributed by atoms with van der Waals surface area (Å²) in [5, 5.41) is 2.08. The Bertz CT molecular complexity index is 538. The van der Waals surface area contributed by atoms with E-state index in [0.29, 0.717) is 18.2 Å². The number of carbonyl (C=O) groups is 1. The van der Waals surface area contributed by atoms with Crippen molar-refractivity contribution in [3.63, 3.8) is 0 Å². The molecular formula is C21H34N2O3S. The minimum absolute atomic E-state index is 0.234. The summed E-state index contributed by atoms with van der Waals surface area (Å²) in [4.78, 5) is 18.8. The third-order valence-corrected chi connectivity index (χ3v) is 6.70. The van der Waals surface area contributed by atoms with Gasteiger partial charge in [0.05, 0.1) is 12.7 Å². The van der Waals surface area contributed by atoms with Crippen LogP contribution in [0.15, 0.2) is 17.5 Å². The topological polar surface area (TPSA) is 42.0 Å².